The van der Waals surface area contributed by atoms with Gasteiger partial charge in [0.1, 0.15) is 35.4 Å². The summed E-state index contributed by atoms with van der Waals surface area (Å²) in [6.45, 7) is 2.98. The lowest BCUT2D eigenvalue weighted by Gasteiger charge is -2.10. The van der Waals surface area contributed by atoms with Crippen molar-refractivity contribution in [1.82, 2.24) is 5.32 Å². The van der Waals surface area contributed by atoms with Gasteiger partial charge in [-0.15, -0.1) is 0 Å². The summed E-state index contributed by atoms with van der Waals surface area (Å²) in [7, 11) is 0. The highest BCUT2D eigenvalue weighted by molar-refractivity contribution is 6.06. The van der Waals surface area contributed by atoms with Crippen LogP contribution in [-0.4, -0.2) is 11.7 Å². The molecule has 0 spiro atoms. The van der Waals surface area contributed by atoms with Crippen LogP contribution in [0.4, 0.5) is 8.78 Å². The summed E-state index contributed by atoms with van der Waals surface area (Å²) in [5, 5.41) is 3.04. The Balaban J connectivity index is 1.53. The minimum atomic E-state index is -1.08. The van der Waals surface area contributed by atoms with Gasteiger partial charge in [-0.2, -0.15) is 4.99 Å². The van der Waals surface area contributed by atoms with Crippen LogP contribution in [0.5, 0.6) is 5.75 Å². The van der Waals surface area contributed by atoms with E-state index in [1.165, 1.54) is 18.3 Å². The Morgan fingerprint density at radius 3 is 2.47 bits per heavy atom. The Kier molecular flexibility index (Phi) is 7.70. The molecule has 3 N–H and O–H groups in total. The summed E-state index contributed by atoms with van der Waals surface area (Å²) in [5.74, 6) is -2.45. The van der Waals surface area contributed by atoms with Crippen molar-refractivity contribution in [3.63, 3.8) is 0 Å². The van der Waals surface area contributed by atoms with Crippen LogP contribution in [0.15, 0.2) is 84.0 Å². The van der Waals surface area contributed by atoms with Gasteiger partial charge in [0, 0.05) is 12.7 Å². The van der Waals surface area contributed by atoms with Crippen molar-refractivity contribution in [3.8, 4) is 5.75 Å². The number of nitrogens with zero attached hydrogens (tertiary/aromatic N) is 1. The van der Waals surface area contributed by atoms with Crippen molar-refractivity contribution >= 4 is 11.7 Å². The average molecular weight is 435 g/mol. The second-order valence-corrected chi connectivity index (χ2v) is 7.02. The van der Waals surface area contributed by atoms with Gasteiger partial charge in [0.05, 0.1) is 0 Å². The normalized spacial score (nSPS) is 11.5. The lowest BCUT2D eigenvalue weighted by Crippen LogP contribution is -2.15. The number of aliphatic imine (C=N–C) groups is 1. The Hall–Kier alpha value is -4.00. The zero-order valence-electron chi connectivity index (χ0n) is 17.5. The van der Waals surface area contributed by atoms with Crippen LogP contribution in [-0.2, 0) is 13.2 Å². The first-order valence-corrected chi connectivity index (χ1v) is 9.92. The van der Waals surface area contributed by atoms with Crippen molar-refractivity contribution in [2.45, 2.75) is 20.1 Å². The largest absolute Gasteiger partial charge is 0.489 e. The topological polar surface area (TPSA) is 76.7 Å². The summed E-state index contributed by atoms with van der Waals surface area (Å²) < 4.78 is 33.1. The number of benzene rings is 3. The van der Waals surface area contributed by atoms with Crippen molar-refractivity contribution in [1.29, 1.82) is 0 Å². The number of carbonyl (C=O) groups excluding carboxylic acids is 1. The SMILES string of the molecule is Cc1cc(OCc2ccccc2)ccc1CN/C=C\C(N)=NC(=O)c1c(F)cccc1F. The maximum Gasteiger partial charge on any atom is 0.284 e. The third-order valence-corrected chi connectivity index (χ3v) is 4.63. The highest BCUT2D eigenvalue weighted by Gasteiger charge is 2.16. The second-order valence-electron chi connectivity index (χ2n) is 7.02. The van der Waals surface area contributed by atoms with Gasteiger partial charge in [-0.3, -0.25) is 4.79 Å². The number of amidine groups is 1. The quantitative estimate of drug-likeness (QED) is 0.399. The van der Waals surface area contributed by atoms with Crippen LogP contribution < -0.4 is 15.8 Å². The van der Waals surface area contributed by atoms with Crippen molar-refractivity contribution < 1.29 is 18.3 Å². The molecular formula is C25H23F2N3O2. The number of halogens is 2. The molecule has 3 rings (SSSR count). The van der Waals surface area contributed by atoms with Crippen LogP contribution in [0.2, 0.25) is 0 Å². The zero-order valence-corrected chi connectivity index (χ0v) is 17.5. The van der Waals surface area contributed by atoms with E-state index in [0.29, 0.717) is 13.2 Å². The molecule has 0 heterocycles. The van der Waals surface area contributed by atoms with E-state index in [4.69, 9.17) is 10.5 Å². The third kappa shape index (κ3) is 6.25. The molecule has 0 aliphatic rings. The molecule has 0 unspecified atom stereocenters. The van der Waals surface area contributed by atoms with Crippen LogP contribution in [0.3, 0.4) is 0 Å². The van der Waals surface area contributed by atoms with E-state index in [9.17, 15) is 13.6 Å². The molecule has 32 heavy (non-hydrogen) atoms. The highest BCUT2D eigenvalue weighted by atomic mass is 19.1. The average Bonchev–Trinajstić information content (AvgIpc) is 2.77. The maximum atomic E-state index is 13.6. The molecule has 3 aromatic rings. The van der Waals surface area contributed by atoms with E-state index in [2.05, 4.69) is 10.3 Å². The fraction of sp³-hybridized carbons (Fsp3) is 0.120. The molecule has 0 radical (unpaired) electrons. The van der Waals surface area contributed by atoms with Crippen LogP contribution in [0, 0.1) is 18.6 Å². The lowest BCUT2D eigenvalue weighted by atomic mass is 10.1. The molecule has 0 saturated carbocycles. The zero-order chi connectivity index (χ0) is 22.9. The maximum absolute atomic E-state index is 13.6. The van der Waals surface area contributed by atoms with Crippen molar-refractivity contribution in [3.05, 3.63) is 113 Å². The molecule has 0 fully saturated rings. The number of carbonyl (C=O) groups is 1. The number of aryl methyl sites for hydroxylation is 1. The molecular weight excluding hydrogens is 412 g/mol. The monoisotopic (exact) mass is 435 g/mol. The summed E-state index contributed by atoms with van der Waals surface area (Å²) in [6, 6.07) is 18.9. The highest BCUT2D eigenvalue weighted by Crippen LogP contribution is 2.18. The number of nitrogens with two attached hydrogens (primary N) is 1. The number of hydrogen-bond acceptors (Lipinski definition) is 3. The number of nitrogens with one attached hydrogen (secondary N) is 1. The van der Waals surface area contributed by atoms with E-state index in [1.54, 1.807) is 0 Å². The fourth-order valence-corrected chi connectivity index (χ4v) is 2.92. The number of hydrogen-bond donors (Lipinski definition) is 2. The molecule has 164 valence electrons. The first-order valence-electron chi connectivity index (χ1n) is 9.92. The predicted molar refractivity (Wildman–Crippen MR) is 120 cm³/mol. The van der Waals surface area contributed by atoms with Gasteiger partial charge in [0.2, 0.25) is 0 Å². The Morgan fingerprint density at radius 2 is 1.78 bits per heavy atom. The van der Waals surface area contributed by atoms with E-state index < -0.39 is 23.1 Å². The fourth-order valence-electron chi connectivity index (χ4n) is 2.92. The predicted octanol–water partition coefficient (Wildman–Crippen LogP) is 4.65. The van der Waals surface area contributed by atoms with Gasteiger partial charge in [0.15, 0.2) is 0 Å². The third-order valence-electron chi connectivity index (χ3n) is 4.63. The summed E-state index contributed by atoms with van der Waals surface area (Å²) in [6.07, 6.45) is 2.87. The van der Waals surface area contributed by atoms with Gasteiger partial charge in [-0.05, 0) is 54.0 Å². The van der Waals surface area contributed by atoms with Crippen molar-refractivity contribution in [2.24, 2.45) is 10.7 Å². The van der Waals surface area contributed by atoms with Crippen molar-refractivity contribution in [2.75, 3.05) is 0 Å². The van der Waals surface area contributed by atoms with Crippen LogP contribution in [0.1, 0.15) is 27.0 Å². The number of rotatable bonds is 8. The van der Waals surface area contributed by atoms with E-state index in [1.807, 2.05) is 55.5 Å². The van der Waals surface area contributed by atoms with Crippen LogP contribution in [0.25, 0.3) is 0 Å². The molecule has 0 aromatic heterocycles. The number of amides is 1. The van der Waals surface area contributed by atoms with Gasteiger partial charge < -0.3 is 15.8 Å². The molecule has 5 nitrogen and oxygen atoms in total. The smallest absolute Gasteiger partial charge is 0.284 e. The molecule has 0 atom stereocenters. The summed E-state index contributed by atoms with van der Waals surface area (Å²) in [5.41, 5.74) is 8.11. The standard InChI is InChI=1S/C25H23F2N3O2/c1-17-14-20(32-16-18-6-3-2-4-7-18)11-10-19(17)15-29-13-12-23(28)30-25(31)24-21(26)8-5-9-22(24)27/h2-14,29H,15-16H2,1H3,(H2,28,30,31)/b13-12-. The van der Waals surface area contributed by atoms with Gasteiger partial charge in [-0.1, -0.05) is 42.5 Å². The Labute approximate surface area is 185 Å². The van der Waals surface area contributed by atoms with Gasteiger partial charge in [0.25, 0.3) is 5.91 Å². The second kappa shape index (κ2) is 10.9. The summed E-state index contributed by atoms with van der Waals surface area (Å²) in [4.78, 5) is 15.5. The molecule has 0 aliphatic carbocycles. The molecule has 7 heteroatoms. The van der Waals surface area contributed by atoms with E-state index in [-0.39, 0.29) is 5.84 Å². The molecule has 0 saturated heterocycles. The Bertz CT molecular complexity index is 1120. The first kappa shape index (κ1) is 22.7. The van der Waals surface area contributed by atoms with E-state index in [0.717, 1.165) is 34.6 Å². The minimum absolute atomic E-state index is 0.175. The first-order chi connectivity index (χ1) is 15.4. The van der Waals surface area contributed by atoms with E-state index >= 15 is 0 Å². The lowest BCUT2D eigenvalue weighted by molar-refractivity contribution is 0.0995. The molecule has 0 bridgehead atoms. The minimum Gasteiger partial charge on any atom is -0.489 e. The molecule has 3 aromatic carbocycles. The molecule has 0 aliphatic heterocycles. The molecule has 1 amide bonds. The Morgan fingerprint density at radius 1 is 1.06 bits per heavy atom. The van der Waals surface area contributed by atoms with Gasteiger partial charge >= 0.3 is 0 Å². The van der Waals surface area contributed by atoms with Crippen LogP contribution >= 0.6 is 0 Å². The number of ether oxygens (including phenoxy) is 1. The summed E-state index contributed by atoms with van der Waals surface area (Å²) >= 11 is 0. The van der Waals surface area contributed by atoms with Gasteiger partial charge in [-0.25, -0.2) is 8.78 Å².